The summed E-state index contributed by atoms with van der Waals surface area (Å²) in [6.45, 7) is 3.79. The highest BCUT2D eigenvalue weighted by molar-refractivity contribution is 7.15. The van der Waals surface area contributed by atoms with Crippen LogP contribution in [0.3, 0.4) is 0 Å². The van der Waals surface area contributed by atoms with E-state index in [4.69, 9.17) is 0 Å². The van der Waals surface area contributed by atoms with Gasteiger partial charge in [0.05, 0.1) is 32.7 Å². The molecule has 2 heterocycles. The predicted molar refractivity (Wildman–Crippen MR) is 136 cm³/mol. The molecule has 0 unspecified atom stereocenters. The highest BCUT2D eigenvalue weighted by Gasteiger charge is 2.34. The van der Waals surface area contributed by atoms with Crippen LogP contribution in [-0.2, 0) is 12.8 Å². The topological polar surface area (TPSA) is 51.6 Å². The van der Waals surface area contributed by atoms with Crippen molar-refractivity contribution < 1.29 is 35.1 Å². The van der Waals surface area contributed by atoms with Crippen LogP contribution in [0.2, 0.25) is 0 Å². The van der Waals surface area contributed by atoms with E-state index in [0.717, 1.165) is 12.8 Å². The predicted octanol–water partition coefficient (Wildman–Crippen LogP) is 8.83. The number of halogens is 8. The fourth-order valence-corrected chi connectivity index (χ4v) is 6.17. The molecule has 0 spiro atoms. The highest BCUT2D eigenvalue weighted by Crippen LogP contribution is 2.44. The molecule has 0 saturated heterocycles. The van der Waals surface area contributed by atoms with Crippen molar-refractivity contribution in [3.05, 3.63) is 56.6 Å². The van der Waals surface area contributed by atoms with Crippen LogP contribution >= 0.6 is 22.7 Å². The zero-order valence-corrected chi connectivity index (χ0v) is 22.5. The normalized spacial score (nSPS) is 11.8. The Balaban J connectivity index is 1.81. The maximum absolute atomic E-state index is 15.7. The molecule has 0 fully saturated rings. The van der Waals surface area contributed by atoms with Gasteiger partial charge in [0.25, 0.3) is 0 Å². The first kappa shape index (κ1) is 28.3. The smallest absolute Gasteiger partial charge is 0.172 e. The van der Waals surface area contributed by atoms with Gasteiger partial charge in [-0.3, -0.25) is 0 Å². The fourth-order valence-electron chi connectivity index (χ4n) is 4.34. The fraction of sp³-hybridized carbons (Fsp3) is 0.308. The third kappa shape index (κ3) is 4.41. The van der Waals surface area contributed by atoms with Gasteiger partial charge in [0, 0.05) is 12.8 Å². The Morgan fingerprint density at radius 3 is 1.15 bits per heavy atom. The summed E-state index contributed by atoms with van der Waals surface area (Å²) in [5.41, 5.74) is -2.32. The van der Waals surface area contributed by atoms with Crippen LogP contribution in [0, 0.1) is 46.5 Å². The first-order valence-electron chi connectivity index (χ1n) is 12.2. The van der Waals surface area contributed by atoms with Crippen molar-refractivity contribution in [2.45, 2.75) is 52.4 Å². The van der Waals surface area contributed by atoms with Crippen LogP contribution in [0.4, 0.5) is 35.1 Å². The maximum atomic E-state index is 15.7. The Bertz CT molecular complexity index is 1650. The second-order valence-corrected chi connectivity index (χ2v) is 11.1. The van der Waals surface area contributed by atoms with E-state index in [1.165, 1.54) is 0 Å². The average Bonchev–Trinajstić information content (AvgIpc) is 3.59. The van der Waals surface area contributed by atoms with E-state index in [9.17, 15) is 0 Å². The molecular formula is C26H18F8N4S2. The molecule has 5 aromatic rings. The van der Waals surface area contributed by atoms with E-state index < -0.39 is 89.2 Å². The molecule has 0 N–H and O–H groups in total. The van der Waals surface area contributed by atoms with Crippen molar-refractivity contribution in [3.63, 3.8) is 0 Å². The van der Waals surface area contributed by atoms with Gasteiger partial charge in [-0.15, -0.1) is 20.4 Å². The van der Waals surface area contributed by atoms with E-state index in [2.05, 4.69) is 20.4 Å². The number of aromatic nitrogens is 4. The summed E-state index contributed by atoms with van der Waals surface area (Å²) >= 11 is 1.42. The molecule has 4 nitrogen and oxygen atoms in total. The van der Waals surface area contributed by atoms with E-state index >= 15 is 35.1 Å². The van der Waals surface area contributed by atoms with Crippen LogP contribution in [0.15, 0.2) is 0 Å². The lowest BCUT2D eigenvalue weighted by Crippen LogP contribution is -2.06. The minimum Gasteiger partial charge on any atom is -0.205 e. The van der Waals surface area contributed by atoms with Crippen molar-refractivity contribution in [3.8, 4) is 21.1 Å². The van der Waals surface area contributed by atoms with Crippen LogP contribution < -0.4 is 0 Å². The van der Waals surface area contributed by atoms with Gasteiger partial charge in [-0.2, -0.15) is 0 Å². The van der Waals surface area contributed by atoms with Crippen molar-refractivity contribution >= 4 is 44.2 Å². The second-order valence-electron chi connectivity index (χ2n) is 8.97. The molecule has 210 valence electrons. The van der Waals surface area contributed by atoms with Gasteiger partial charge in [0.1, 0.15) is 33.3 Å². The summed E-state index contributed by atoms with van der Waals surface area (Å²) in [4.78, 5) is 0. The first-order valence-corrected chi connectivity index (χ1v) is 13.9. The molecule has 5 rings (SSSR count). The number of hydrogen-bond donors (Lipinski definition) is 0. The van der Waals surface area contributed by atoms with Crippen molar-refractivity contribution in [2.75, 3.05) is 0 Å². The van der Waals surface area contributed by atoms with Crippen molar-refractivity contribution in [2.24, 2.45) is 0 Å². The number of fused-ring (bicyclic) bond motifs is 2. The van der Waals surface area contributed by atoms with Gasteiger partial charge in [0.15, 0.2) is 33.3 Å². The van der Waals surface area contributed by atoms with Gasteiger partial charge >= 0.3 is 0 Å². The molecule has 0 atom stereocenters. The number of rotatable bonds is 8. The minimum atomic E-state index is -2.06. The molecule has 0 radical (unpaired) electrons. The van der Waals surface area contributed by atoms with Gasteiger partial charge in [-0.1, -0.05) is 49.4 Å². The largest absolute Gasteiger partial charge is 0.205 e. The Morgan fingerprint density at radius 1 is 0.450 bits per heavy atom. The lowest BCUT2D eigenvalue weighted by molar-refractivity contribution is 0.495. The van der Waals surface area contributed by atoms with Crippen molar-refractivity contribution in [1.29, 1.82) is 0 Å². The summed E-state index contributed by atoms with van der Waals surface area (Å²) in [5.74, 6) is -15.6. The third-order valence-electron chi connectivity index (χ3n) is 6.37. The molecule has 0 aliphatic heterocycles. The van der Waals surface area contributed by atoms with E-state index in [-0.39, 0.29) is 0 Å². The number of benzene rings is 3. The molecular weight excluding hydrogens is 584 g/mol. The van der Waals surface area contributed by atoms with E-state index in [1.54, 1.807) is 0 Å². The average molecular weight is 603 g/mol. The maximum Gasteiger partial charge on any atom is 0.172 e. The van der Waals surface area contributed by atoms with E-state index in [1.807, 2.05) is 13.8 Å². The Hall–Kier alpha value is -3.26. The van der Waals surface area contributed by atoms with Gasteiger partial charge in [0.2, 0.25) is 0 Å². The molecule has 0 aliphatic carbocycles. The Kier molecular flexibility index (Phi) is 7.75. The van der Waals surface area contributed by atoms with Crippen LogP contribution in [0.5, 0.6) is 0 Å². The zero-order valence-electron chi connectivity index (χ0n) is 20.9. The minimum absolute atomic E-state index is 0.360. The zero-order chi connectivity index (χ0) is 28.9. The quantitative estimate of drug-likeness (QED) is 0.101. The molecule has 40 heavy (non-hydrogen) atoms. The van der Waals surface area contributed by atoms with Gasteiger partial charge in [-0.05, 0) is 12.8 Å². The summed E-state index contributed by atoms with van der Waals surface area (Å²) in [5, 5.41) is 8.37. The summed E-state index contributed by atoms with van der Waals surface area (Å²) < 4.78 is 123. The standard InChI is InChI=1S/C26H18F8N4S2/c1-3-5-7-9-35-37-25(39-9)15-19(29)11-13(21(31)23(15)33)18(28)12-14(17(11)27)22(32)24(34)16(20(12)30)26-38-36-10(40-26)8-6-4-2/h3-8H2,1-2H3. The van der Waals surface area contributed by atoms with Gasteiger partial charge < -0.3 is 0 Å². The van der Waals surface area contributed by atoms with Crippen LogP contribution in [0.1, 0.15) is 49.5 Å². The molecule has 0 amide bonds. The molecule has 2 aromatic heterocycles. The highest BCUT2D eigenvalue weighted by atomic mass is 32.1. The molecule has 14 heteroatoms. The molecule has 0 bridgehead atoms. The third-order valence-corrected chi connectivity index (χ3v) is 8.37. The number of nitrogens with zero attached hydrogens (tertiary/aromatic N) is 4. The van der Waals surface area contributed by atoms with Crippen LogP contribution in [-0.4, -0.2) is 20.4 Å². The lowest BCUT2D eigenvalue weighted by atomic mass is 9.96. The first-order chi connectivity index (χ1) is 19.1. The van der Waals surface area contributed by atoms with Crippen molar-refractivity contribution in [1.82, 2.24) is 20.4 Å². The Morgan fingerprint density at radius 2 is 0.800 bits per heavy atom. The monoisotopic (exact) mass is 602 g/mol. The van der Waals surface area contributed by atoms with Crippen LogP contribution in [0.25, 0.3) is 42.7 Å². The molecule has 0 saturated carbocycles. The van der Waals surface area contributed by atoms with Gasteiger partial charge in [-0.25, -0.2) is 35.1 Å². The lowest BCUT2D eigenvalue weighted by Gasteiger charge is -2.15. The summed E-state index contributed by atoms with van der Waals surface area (Å²) in [6, 6.07) is 0. The molecule has 0 aliphatic rings. The number of aryl methyl sites for hydroxylation is 2. The number of hydrogen-bond acceptors (Lipinski definition) is 6. The van der Waals surface area contributed by atoms with E-state index in [0.29, 0.717) is 58.4 Å². The second kappa shape index (κ2) is 11.0. The summed E-state index contributed by atoms with van der Waals surface area (Å²) in [6.07, 6.45) is 3.71. The Labute approximate surface area is 229 Å². The summed E-state index contributed by atoms with van der Waals surface area (Å²) in [7, 11) is 0. The SMILES string of the molecule is CCCCc1nnc(-c2c(F)c(F)c3c(F)c4c(F)c(-c5nnc(CCCC)s5)c(F)c(F)c4c(F)c3c2F)s1. The number of unbranched alkanes of at least 4 members (excludes halogenated alkanes) is 2. The molecule has 3 aromatic carbocycles.